The lowest BCUT2D eigenvalue weighted by molar-refractivity contribution is -0.168. The maximum Gasteiger partial charge on any atom is 0.316 e. The lowest BCUT2D eigenvalue weighted by Gasteiger charge is -2.33. The largest absolute Gasteiger partial charge is 0.465 e. The second-order valence-electron chi connectivity index (χ2n) is 8.09. The summed E-state index contributed by atoms with van der Waals surface area (Å²) in [5, 5.41) is 0. The summed E-state index contributed by atoms with van der Waals surface area (Å²) in [7, 11) is 0. The van der Waals surface area contributed by atoms with Crippen molar-refractivity contribution in [2.75, 3.05) is 13.2 Å². The van der Waals surface area contributed by atoms with Crippen LogP contribution in [0.2, 0.25) is 0 Å². The summed E-state index contributed by atoms with van der Waals surface area (Å²) in [6.45, 7) is 7.57. The van der Waals surface area contributed by atoms with Gasteiger partial charge >= 0.3 is 5.97 Å². The van der Waals surface area contributed by atoms with E-state index in [1.165, 1.54) is 11.1 Å². The highest BCUT2D eigenvalue weighted by molar-refractivity contribution is 6.00. The van der Waals surface area contributed by atoms with Crippen LogP contribution in [0.1, 0.15) is 68.6 Å². The number of benzene rings is 1. The molecule has 28 heavy (non-hydrogen) atoms. The average Bonchev–Trinajstić information content (AvgIpc) is 2.70. The number of carbonyl (C=O) groups is 2. The molecule has 1 heterocycles. The van der Waals surface area contributed by atoms with E-state index in [9.17, 15) is 9.59 Å². The highest BCUT2D eigenvalue weighted by Gasteiger charge is 2.39. The Morgan fingerprint density at radius 1 is 1.29 bits per heavy atom. The molecule has 3 rings (SSSR count). The van der Waals surface area contributed by atoms with Gasteiger partial charge in [0.15, 0.2) is 6.29 Å². The molecule has 2 aliphatic rings. The van der Waals surface area contributed by atoms with Gasteiger partial charge in [-0.15, -0.1) is 0 Å². The Kier molecular flexibility index (Phi) is 7.24. The fourth-order valence-corrected chi connectivity index (χ4v) is 4.33. The van der Waals surface area contributed by atoms with Crippen LogP contribution in [0.4, 0.5) is 0 Å². The van der Waals surface area contributed by atoms with Crippen molar-refractivity contribution < 1.29 is 23.8 Å². The van der Waals surface area contributed by atoms with Crippen LogP contribution in [0.3, 0.4) is 0 Å². The number of hydrogen-bond donors (Lipinski definition) is 0. The number of hydrogen-bond acceptors (Lipinski definition) is 5. The van der Waals surface area contributed by atoms with E-state index in [-0.39, 0.29) is 29.9 Å². The van der Waals surface area contributed by atoms with Gasteiger partial charge in [-0.2, -0.15) is 0 Å². The Balaban J connectivity index is 1.68. The summed E-state index contributed by atoms with van der Waals surface area (Å²) < 4.78 is 16.7. The van der Waals surface area contributed by atoms with E-state index in [0.717, 1.165) is 31.4 Å². The summed E-state index contributed by atoms with van der Waals surface area (Å²) >= 11 is 0. The Morgan fingerprint density at radius 3 is 2.82 bits per heavy atom. The van der Waals surface area contributed by atoms with Crippen molar-refractivity contribution >= 4 is 11.8 Å². The first kappa shape index (κ1) is 21.0. The maximum absolute atomic E-state index is 12.6. The molecule has 4 unspecified atom stereocenters. The number of rotatable bonds is 6. The zero-order valence-corrected chi connectivity index (χ0v) is 17.2. The highest BCUT2D eigenvalue weighted by Crippen LogP contribution is 2.40. The topological polar surface area (TPSA) is 61.8 Å². The van der Waals surface area contributed by atoms with Crippen LogP contribution >= 0.6 is 0 Å². The van der Waals surface area contributed by atoms with Crippen molar-refractivity contribution in [1.29, 1.82) is 0 Å². The van der Waals surface area contributed by atoms with Crippen molar-refractivity contribution in [3.8, 4) is 0 Å². The zero-order chi connectivity index (χ0) is 20.1. The fourth-order valence-electron chi connectivity index (χ4n) is 4.33. The molecule has 2 fully saturated rings. The molecule has 5 heteroatoms. The molecule has 5 nitrogen and oxygen atoms in total. The molecule has 1 aliphatic carbocycles. The monoisotopic (exact) mass is 388 g/mol. The summed E-state index contributed by atoms with van der Waals surface area (Å²) in [6.07, 6.45) is 4.03. The van der Waals surface area contributed by atoms with Gasteiger partial charge in [0, 0.05) is 13.0 Å². The number of esters is 1. The van der Waals surface area contributed by atoms with Crippen molar-refractivity contribution in [2.24, 2.45) is 11.8 Å². The average molecular weight is 389 g/mol. The second kappa shape index (κ2) is 9.66. The zero-order valence-electron chi connectivity index (χ0n) is 17.2. The molecule has 1 aliphatic heterocycles. The molecule has 0 N–H and O–H groups in total. The van der Waals surface area contributed by atoms with E-state index in [2.05, 4.69) is 32.0 Å². The molecular weight excluding hydrogens is 356 g/mol. The van der Waals surface area contributed by atoms with Gasteiger partial charge in [0.25, 0.3) is 0 Å². The summed E-state index contributed by atoms with van der Waals surface area (Å²) in [5.74, 6) is -0.614. The second-order valence-corrected chi connectivity index (χ2v) is 8.09. The molecule has 0 spiro atoms. The van der Waals surface area contributed by atoms with Crippen molar-refractivity contribution in [2.45, 2.75) is 71.7 Å². The predicted molar refractivity (Wildman–Crippen MR) is 106 cm³/mol. The van der Waals surface area contributed by atoms with Gasteiger partial charge in [-0.05, 0) is 68.1 Å². The van der Waals surface area contributed by atoms with Gasteiger partial charge in [-0.1, -0.05) is 25.1 Å². The third kappa shape index (κ3) is 5.00. The van der Waals surface area contributed by atoms with E-state index in [4.69, 9.17) is 14.2 Å². The Hall–Kier alpha value is -1.72. The van der Waals surface area contributed by atoms with E-state index in [1.54, 1.807) is 6.92 Å². The SMILES string of the molecule is CCOC(=O)C1CC(C)C(c2cc(COC3CCCCO3)ccc2C)CC1=O. The van der Waals surface area contributed by atoms with E-state index in [1.807, 2.05) is 0 Å². The van der Waals surface area contributed by atoms with Gasteiger partial charge < -0.3 is 14.2 Å². The lowest BCUT2D eigenvalue weighted by Crippen LogP contribution is -2.35. The van der Waals surface area contributed by atoms with E-state index >= 15 is 0 Å². The lowest BCUT2D eigenvalue weighted by atomic mass is 9.70. The van der Waals surface area contributed by atoms with Crippen LogP contribution in [0.25, 0.3) is 0 Å². The molecular formula is C23H32O5. The van der Waals surface area contributed by atoms with Crippen LogP contribution in [0.5, 0.6) is 0 Å². The minimum Gasteiger partial charge on any atom is -0.465 e. The van der Waals surface area contributed by atoms with E-state index in [0.29, 0.717) is 26.1 Å². The standard InChI is InChI=1S/C23H32O5/c1-4-26-23(25)20-11-16(3)19(13-21(20)24)18-12-17(9-8-15(18)2)14-28-22-7-5-6-10-27-22/h8-9,12,16,19-20,22H,4-7,10-11,13-14H2,1-3H3. The van der Waals surface area contributed by atoms with Gasteiger partial charge in [-0.25, -0.2) is 0 Å². The van der Waals surface area contributed by atoms with E-state index < -0.39 is 5.92 Å². The van der Waals surface area contributed by atoms with Crippen molar-refractivity contribution in [3.63, 3.8) is 0 Å². The van der Waals surface area contributed by atoms with Crippen LogP contribution in [-0.2, 0) is 30.4 Å². The third-order valence-corrected chi connectivity index (χ3v) is 5.99. The summed E-state index contributed by atoms with van der Waals surface area (Å²) in [6, 6.07) is 6.35. The van der Waals surface area contributed by atoms with Crippen LogP contribution in [0, 0.1) is 18.8 Å². The van der Waals surface area contributed by atoms with Gasteiger partial charge in [-0.3, -0.25) is 9.59 Å². The third-order valence-electron chi connectivity index (χ3n) is 5.99. The van der Waals surface area contributed by atoms with Crippen molar-refractivity contribution in [3.05, 3.63) is 34.9 Å². The number of carbonyl (C=O) groups excluding carboxylic acids is 2. The smallest absolute Gasteiger partial charge is 0.316 e. The highest BCUT2D eigenvalue weighted by atomic mass is 16.7. The molecule has 154 valence electrons. The molecule has 1 saturated heterocycles. The first-order valence-corrected chi connectivity index (χ1v) is 10.5. The summed E-state index contributed by atoms with van der Waals surface area (Å²) in [4.78, 5) is 24.7. The minimum atomic E-state index is -0.610. The maximum atomic E-state index is 12.6. The normalized spacial score (nSPS) is 28.2. The Labute approximate surface area is 167 Å². The molecule has 1 aromatic carbocycles. The predicted octanol–water partition coefficient (Wildman–Crippen LogP) is 4.30. The number of ketones is 1. The van der Waals surface area contributed by atoms with Crippen LogP contribution in [0.15, 0.2) is 18.2 Å². The molecule has 1 saturated carbocycles. The summed E-state index contributed by atoms with van der Waals surface area (Å²) in [5.41, 5.74) is 3.47. The molecule has 0 amide bonds. The fraction of sp³-hybridized carbons (Fsp3) is 0.652. The molecule has 0 radical (unpaired) electrons. The van der Waals surface area contributed by atoms with Crippen LogP contribution in [-0.4, -0.2) is 31.3 Å². The molecule has 1 aromatic rings. The Bertz CT molecular complexity index is 692. The van der Waals surface area contributed by atoms with Crippen LogP contribution < -0.4 is 0 Å². The quantitative estimate of drug-likeness (QED) is 0.537. The van der Waals surface area contributed by atoms with Crippen molar-refractivity contribution in [1.82, 2.24) is 0 Å². The minimum absolute atomic E-state index is 0.00166. The number of aryl methyl sites for hydroxylation is 1. The molecule has 4 atom stereocenters. The van der Waals surface area contributed by atoms with Gasteiger partial charge in [0.2, 0.25) is 0 Å². The first-order valence-electron chi connectivity index (χ1n) is 10.5. The number of ether oxygens (including phenoxy) is 3. The Morgan fingerprint density at radius 2 is 2.11 bits per heavy atom. The van der Waals surface area contributed by atoms with Gasteiger partial charge in [0.05, 0.1) is 13.2 Å². The first-order chi connectivity index (χ1) is 13.5. The molecule has 0 aromatic heterocycles. The number of Topliss-reactive ketones (excluding diaryl/α,β-unsaturated/α-hetero) is 1. The molecule has 0 bridgehead atoms. The van der Waals surface area contributed by atoms with Gasteiger partial charge in [0.1, 0.15) is 11.7 Å².